The largest absolute Gasteiger partial charge is 0.334 e. The Labute approximate surface area is 131 Å². The van der Waals surface area contributed by atoms with E-state index < -0.39 is 5.54 Å². The van der Waals surface area contributed by atoms with Crippen molar-refractivity contribution in [3.63, 3.8) is 0 Å². The Bertz CT molecular complexity index is 945. The van der Waals surface area contributed by atoms with Crippen LogP contribution in [0.5, 0.6) is 0 Å². The highest BCUT2D eigenvalue weighted by Gasteiger charge is 2.36. The van der Waals surface area contributed by atoms with Crippen LogP contribution in [-0.2, 0) is 12.6 Å². The summed E-state index contributed by atoms with van der Waals surface area (Å²) in [6.07, 6.45) is 3.83. The lowest BCUT2D eigenvalue weighted by molar-refractivity contribution is 0.373. The quantitative estimate of drug-likeness (QED) is 0.737. The number of hydrogen-bond donors (Lipinski definition) is 2. The first-order valence-corrected chi connectivity index (χ1v) is 7.68. The van der Waals surface area contributed by atoms with Crippen molar-refractivity contribution in [3.8, 4) is 11.5 Å². The molecule has 0 spiro atoms. The summed E-state index contributed by atoms with van der Waals surface area (Å²) >= 11 is 0. The molecule has 0 bridgehead atoms. The van der Waals surface area contributed by atoms with Gasteiger partial charge >= 0.3 is 0 Å². The maximum atomic E-state index is 12.2. The number of hydrogen-bond acceptors (Lipinski definition) is 6. The summed E-state index contributed by atoms with van der Waals surface area (Å²) in [5, 5.41) is 7.22. The van der Waals surface area contributed by atoms with Gasteiger partial charge in [0.05, 0.1) is 16.5 Å². The van der Waals surface area contributed by atoms with Gasteiger partial charge in [-0.1, -0.05) is 18.0 Å². The molecule has 0 amide bonds. The standard InChI is InChI=1S/C15H18N6O2/c1-8-7-9(10-11(17-8)21(2)19-12(10)22)13-18-14(20-23-13)15(16)5-3-4-6-15/h7H,3-6,16H2,1-2H3,(H,19,22). The van der Waals surface area contributed by atoms with Gasteiger partial charge in [0.2, 0.25) is 0 Å². The first kappa shape index (κ1) is 14.1. The van der Waals surface area contributed by atoms with Crippen LogP contribution in [0.25, 0.3) is 22.5 Å². The third kappa shape index (κ3) is 2.09. The Kier molecular flexibility index (Phi) is 2.92. The lowest BCUT2D eigenvalue weighted by Gasteiger charge is -2.17. The van der Waals surface area contributed by atoms with E-state index in [0.717, 1.165) is 31.4 Å². The predicted octanol–water partition coefficient (Wildman–Crippen LogP) is 1.35. The molecular formula is C15H18N6O2. The minimum absolute atomic E-state index is 0.229. The fourth-order valence-electron chi connectivity index (χ4n) is 3.32. The normalized spacial score (nSPS) is 17.2. The number of aryl methyl sites for hydroxylation is 2. The summed E-state index contributed by atoms with van der Waals surface area (Å²) in [7, 11) is 1.74. The van der Waals surface area contributed by atoms with Crippen LogP contribution in [0.1, 0.15) is 37.2 Å². The predicted molar refractivity (Wildman–Crippen MR) is 83.7 cm³/mol. The Hall–Kier alpha value is -2.48. The van der Waals surface area contributed by atoms with Gasteiger partial charge in [-0.25, -0.2) is 4.98 Å². The van der Waals surface area contributed by atoms with Gasteiger partial charge < -0.3 is 10.3 Å². The van der Waals surface area contributed by atoms with Crippen molar-refractivity contribution in [3.05, 3.63) is 27.9 Å². The number of nitrogens with two attached hydrogens (primary N) is 1. The van der Waals surface area contributed by atoms with E-state index >= 15 is 0 Å². The number of pyridine rings is 1. The molecule has 8 heteroatoms. The van der Waals surface area contributed by atoms with Crippen molar-refractivity contribution in [2.45, 2.75) is 38.1 Å². The highest BCUT2D eigenvalue weighted by atomic mass is 16.5. The number of aromatic nitrogens is 5. The number of rotatable bonds is 2. The van der Waals surface area contributed by atoms with Gasteiger partial charge in [0.1, 0.15) is 0 Å². The molecule has 0 atom stereocenters. The van der Waals surface area contributed by atoms with Crippen LogP contribution in [-0.4, -0.2) is 24.9 Å². The van der Waals surface area contributed by atoms with Gasteiger partial charge in [-0.3, -0.25) is 14.6 Å². The molecule has 0 saturated heterocycles. The number of nitrogens with zero attached hydrogens (tertiary/aromatic N) is 4. The molecule has 120 valence electrons. The summed E-state index contributed by atoms with van der Waals surface area (Å²) in [6, 6.07) is 1.78. The Balaban J connectivity index is 1.90. The fraction of sp³-hybridized carbons (Fsp3) is 0.467. The Morgan fingerprint density at radius 2 is 2.09 bits per heavy atom. The maximum absolute atomic E-state index is 12.2. The summed E-state index contributed by atoms with van der Waals surface area (Å²) in [5.41, 5.74) is 7.55. The molecule has 1 saturated carbocycles. The maximum Gasteiger partial charge on any atom is 0.274 e. The van der Waals surface area contributed by atoms with Crippen molar-refractivity contribution >= 4 is 11.0 Å². The summed E-state index contributed by atoms with van der Waals surface area (Å²) in [5.74, 6) is 0.823. The third-order valence-corrected chi connectivity index (χ3v) is 4.54. The van der Waals surface area contributed by atoms with E-state index in [1.54, 1.807) is 17.8 Å². The van der Waals surface area contributed by atoms with Gasteiger partial charge in [-0.05, 0) is 25.8 Å². The molecule has 1 aliphatic carbocycles. The van der Waals surface area contributed by atoms with E-state index in [2.05, 4.69) is 20.2 Å². The van der Waals surface area contributed by atoms with Crippen LogP contribution in [0, 0.1) is 6.92 Å². The highest BCUT2D eigenvalue weighted by Crippen LogP contribution is 2.36. The molecule has 3 aromatic heterocycles. The summed E-state index contributed by atoms with van der Waals surface area (Å²) in [6.45, 7) is 1.86. The number of aromatic amines is 1. The molecule has 0 unspecified atom stereocenters. The van der Waals surface area contributed by atoms with Crippen LogP contribution in [0.3, 0.4) is 0 Å². The molecule has 3 heterocycles. The van der Waals surface area contributed by atoms with Gasteiger partial charge in [0.15, 0.2) is 11.5 Å². The molecule has 1 aliphatic rings. The lowest BCUT2D eigenvalue weighted by Crippen LogP contribution is -2.34. The molecule has 0 aromatic carbocycles. The van der Waals surface area contributed by atoms with Crippen LogP contribution in [0.15, 0.2) is 15.4 Å². The van der Waals surface area contributed by atoms with Crippen LogP contribution in [0.4, 0.5) is 0 Å². The first-order chi connectivity index (χ1) is 11.0. The SMILES string of the molecule is Cc1cc(-c2nc(C3(N)CCCC3)no2)c2c(=O)[nH]n(C)c2n1. The topological polar surface area (TPSA) is 116 Å². The smallest absolute Gasteiger partial charge is 0.274 e. The molecule has 23 heavy (non-hydrogen) atoms. The van der Waals surface area contributed by atoms with Crippen molar-refractivity contribution in [2.24, 2.45) is 12.8 Å². The second-order valence-electron chi connectivity index (χ2n) is 6.30. The van der Waals surface area contributed by atoms with Gasteiger partial charge in [0.25, 0.3) is 11.4 Å². The van der Waals surface area contributed by atoms with Crippen LogP contribution < -0.4 is 11.3 Å². The van der Waals surface area contributed by atoms with Gasteiger partial charge in [0, 0.05) is 12.7 Å². The molecule has 0 radical (unpaired) electrons. The molecule has 4 rings (SSSR count). The average molecular weight is 314 g/mol. The summed E-state index contributed by atoms with van der Waals surface area (Å²) < 4.78 is 7.01. The number of nitrogens with one attached hydrogen (secondary N) is 1. The van der Waals surface area contributed by atoms with Gasteiger partial charge in [-0.2, -0.15) is 4.98 Å². The Morgan fingerprint density at radius 1 is 1.35 bits per heavy atom. The molecule has 3 aromatic rings. The third-order valence-electron chi connectivity index (χ3n) is 4.54. The minimum Gasteiger partial charge on any atom is -0.334 e. The second kappa shape index (κ2) is 4.76. The van der Waals surface area contributed by atoms with E-state index in [1.807, 2.05) is 6.92 Å². The van der Waals surface area contributed by atoms with E-state index in [1.165, 1.54) is 0 Å². The minimum atomic E-state index is -0.522. The molecule has 8 nitrogen and oxygen atoms in total. The Morgan fingerprint density at radius 3 is 2.83 bits per heavy atom. The lowest BCUT2D eigenvalue weighted by atomic mass is 9.98. The second-order valence-corrected chi connectivity index (χ2v) is 6.30. The van der Waals surface area contributed by atoms with Crippen LogP contribution in [0.2, 0.25) is 0 Å². The van der Waals surface area contributed by atoms with Gasteiger partial charge in [-0.15, -0.1) is 0 Å². The molecule has 0 aliphatic heterocycles. The number of fused-ring (bicyclic) bond motifs is 1. The number of H-pyrrole nitrogens is 1. The van der Waals surface area contributed by atoms with Crippen molar-refractivity contribution in [1.29, 1.82) is 0 Å². The van der Waals surface area contributed by atoms with E-state index in [-0.39, 0.29) is 5.56 Å². The first-order valence-electron chi connectivity index (χ1n) is 7.68. The highest BCUT2D eigenvalue weighted by molar-refractivity contribution is 5.90. The van der Waals surface area contributed by atoms with Crippen LogP contribution >= 0.6 is 0 Å². The van der Waals surface area contributed by atoms with E-state index in [9.17, 15) is 4.79 Å². The summed E-state index contributed by atoms with van der Waals surface area (Å²) in [4.78, 5) is 21.1. The zero-order valence-corrected chi connectivity index (χ0v) is 13.1. The van der Waals surface area contributed by atoms with E-state index in [4.69, 9.17) is 10.3 Å². The van der Waals surface area contributed by atoms with Crippen molar-refractivity contribution in [1.82, 2.24) is 24.9 Å². The zero-order chi connectivity index (χ0) is 16.2. The monoisotopic (exact) mass is 314 g/mol. The molecule has 3 N–H and O–H groups in total. The van der Waals surface area contributed by atoms with E-state index in [0.29, 0.717) is 28.3 Å². The molecular weight excluding hydrogens is 296 g/mol. The van der Waals surface area contributed by atoms with Crippen molar-refractivity contribution in [2.75, 3.05) is 0 Å². The molecule has 1 fully saturated rings. The fourth-order valence-corrected chi connectivity index (χ4v) is 3.32. The average Bonchev–Trinajstić information content (AvgIpc) is 3.20. The zero-order valence-electron chi connectivity index (χ0n) is 13.1. The van der Waals surface area contributed by atoms with Crippen molar-refractivity contribution < 1.29 is 4.52 Å².